The van der Waals surface area contributed by atoms with E-state index in [2.05, 4.69) is 11.9 Å². The molecule has 0 radical (unpaired) electrons. The van der Waals surface area contributed by atoms with E-state index < -0.39 is 15.9 Å². The Morgan fingerprint density at radius 3 is 2.34 bits per heavy atom. The fourth-order valence-corrected chi connectivity index (χ4v) is 5.08. The second kappa shape index (κ2) is 9.54. The predicted octanol–water partition coefficient (Wildman–Crippen LogP) is 3.18. The van der Waals surface area contributed by atoms with Crippen molar-refractivity contribution in [1.29, 1.82) is 0 Å². The summed E-state index contributed by atoms with van der Waals surface area (Å²) in [5.41, 5.74) is 1.85. The number of benzene rings is 2. The molecule has 0 spiro atoms. The Balaban J connectivity index is 1.85. The van der Waals surface area contributed by atoms with Gasteiger partial charge in [0.05, 0.1) is 17.2 Å². The molecule has 3 rings (SSSR count). The molecule has 1 N–H and O–H groups in total. The van der Waals surface area contributed by atoms with Crippen LogP contribution in [0.1, 0.15) is 36.7 Å². The molecule has 1 heterocycles. The van der Waals surface area contributed by atoms with Crippen LogP contribution in [-0.4, -0.2) is 55.7 Å². The van der Waals surface area contributed by atoms with Crippen molar-refractivity contribution < 1.29 is 22.7 Å². The molecule has 0 bridgehead atoms. The van der Waals surface area contributed by atoms with Crippen molar-refractivity contribution >= 4 is 33.2 Å². The molecule has 170 valence electrons. The van der Waals surface area contributed by atoms with Crippen LogP contribution in [-0.2, 0) is 14.8 Å². The van der Waals surface area contributed by atoms with Gasteiger partial charge in [0.1, 0.15) is 12.3 Å². The average Bonchev–Trinajstić information content (AvgIpc) is 3.00. The molecular formula is C23H27N3O5S. The summed E-state index contributed by atoms with van der Waals surface area (Å²) in [5, 5.41) is 2.70. The number of sulfonamides is 1. The summed E-state index contributed by atoms with van der Waals surface area (Å²) >= 11 is 0. The first-order valence-electron chi connectivity index (χ1n) is 10.4. The molecule has 9 heteroatoms. The van der Waals surface area contributed by atoms with Crippen molar-refractivity contribution in [2.45, 2.75) is 25.7 Å². The van der Waals surface area contributed by atoms with Crippen molar-refractivity contribution in [3.05, 3.63) is 60.2 Å². The van der Waals surface area contributed by atoms with Gasteiger partial charge in [-0.25, -0.2) is 8.42 Å². The number of ether oxygens (including phenoxy) is 1. The number of hydrogen-bond acceptors (Lipinski definition) is 5. The topological polar surface area (TPSA) is 96.0 Å². The Morgan fingerprint density at radius 1 is 1.09 bits per heavy atom. The van der Waals surface area contributed by atoms with Gasteiger partial charge in [-0.15, -0.1) is 0 Å². The molecule has 2 aromatic carbocycles. The average molecular weight is 458 g/mol. The summed E-state index contributed by atoms with van der Waals surface area (Å²) in [5.74, 6) is -0.455. The number of amides is 2. The third-order valence-corrected chi connectivity index (χ3v) is 7.26. The molecule has 0 unspecified atom stereocenters. The van der Waals surface area contributed by atoms with Crippen LogP contribution in [0.15, 0.2) is 53.9 Å². The minimum absolute atomic E-state index is 0.0500. The maximum absolute atomic E-state index is 12.9. The number of carbonyl (C=O) groups excluding carboxylic acids is 2. The van der Waals surface area contributed by atoms with Crippen molar-refractivity contribution in [2.24, 2.45) is 0 Å². The van der Waals surface area contributed by atoms with Crippen LogP contribution >= 0.6 is 0 Å². The molecule has 0 saturated heterocycles. The zero-order valence-corrected chi connectivity index (χ0v) is 19.2. The first-order valence-corrected chi connectivity index (χ1v) is 11.9. The van der Waals surface area contributed by atoms with Gasteiger partial charge in [0.15, 0.2) is 0 Å². The highest BCUT2D eigenvalue weighted by molar-refractivity contribution is 7.89. The first-order chi connectivity index (χ1) is 15.2. The SMILES string of the molecule is C=C1c2ccccc2C(=O)N1CC(=O)Nc1cc(S(=O)(=O)N(CC)CC)ccc1OCC. The van der Waals surface area contributed by atoms with Crippen LogP contribution in [0.3, 0.4) is 0 Å². The third-order valence-electron chi connectivity index (χ3n) is 5.21. The van der Waals surface area contributed by atoms with E-state index in [-0.39, 0.29) is 23.0 Å². The summed E-state index contributed by atoms with van der Waals surface area (Å²) in [6.07, 6.45) is 0. The Morgan fingerprint density at radius 2 is 1.75 bits per heavy atom. The van der Waals surface area contributed by atoms with E-state index >= 15 is 0 Å². The van der Waals surface area contributed by atoms with E-state index in [4.69, 9.17) is 4.74 Å². The van der Waals surface area contributed by atoms with Gasteiger partial charge in [0, 0.05) is 29.9 Å². The van der Waals surface area contributed by atoms with Gasteiger partial charge in [-0.2, -0.15) is 4.31 Å². The lowest BCUT2D eigenvalue weighted by Gasteiger charge is -2.21. The number of fused-ring (bicyclic) bond motifs is 1. The third kappa shape index (κ3) is 4.39. The van der Waals surface area contributed by atoms with E-state index in [9.17, 15) is 18.0 Å². The molecule has 0 fully saturated rings. The Labute approximate surface area is 188 Å². The first kappa shape index (κ1) is 23.5. The zero-order chi connectivity index (χ0) is 23.5. The zero-order valence-electron chi connectivity index (χ0n) is 18.4. The number of hydrogen-bond donors (Lipinski definition) is 1. The largest absolute Gasteiger partial charge is 0.492 e. The maximum Gasteiger partial charge on any atom is 0.259 e. The normalized spacial score (nSPS) is 13.4. The highest BCUT2D eigenvalue weighted by Gasteiger charge is 2.32. The van der Waals surface area contributed by atoms with Crippen molar-refractivity contribution in [3.8, 4) is 5.75 Å². The molecule has 0 aromatic heterocycles. The van der Waals surface area contributed by atoms with Crippen LogP contribution in [0.5, 0.6) is 5.75 Å². The lowest BCUT2D eigenvalue weighted by molar-refractivity contribution is -0.116. The predicted molar refractivity (Wildman–Crippen MR) is 123 cm³/mol. The molecular weight excluding hydrogens is 430 g/mol. The number of anilines is 1. The molecule has 0 saturated carbocycles. The van der Waals surface area contributed by atoms with Crippen molar-refractivity contribution in [1.82, 2.24) is 9.21 Å². The standard InChI is InChI=1S/C23H27N3O5S/c1-5-25(6-2)32(29,30)17-12-13-21(31-7-3)20(14-17)24-22(27)15-26-16(4)18-10-8-9-11-19(18)23(26)28/h8-14H,4-7,15H2,1-3H3,(H,24,27). The van der Waals surface area contributed by atoms with E-state index in [0.29, 0.717) is 42.3 Å². The lowest BCUT2D eigenvalue weighted by atomic mass is 10.1. The van der Waals surface area contributed by atoms with Crippen LogP contribution in [0, 0.1) is 0 Å². The van der Waals surface area contributed by atoms with E-state index in [1.165, 1.54) is 27.4 Å². The van der Waals surface area contributed by atoms with Crippen LogP contribution < -0.4 is 10.1 Å². The minimum Gasteiger partial charge on any atom is -0.492 e. The number of nitrogens with one attached hydrogen (secondary N) is 1. The molecule has 1 aliphatic heterocycles. The molecule has 1 aliphatic rings. The molecule has 2 aromatic rings. The number of nitrogens with zero attached hydrogens (tertiary/aromatic N) is 2. The van der Waals surface area contributed by atoms with E-state index in [1.807, 2.05) is 0 Å². The molecule has 0 aliphatic carbocycles. The van der Waals surface area contributed by atoms with Gasteiger partial charge in [-0.05, 0) is 31.2 Å². The monoisotopic (exact) mass is 457 g/mol. The van der Waals surface area contributed by atoms with Gasteiger partial charge in [-0.3, -0.25) is 14.5 Å². The van der Waals surface area contributed by atoms with Crippen LogP contribution in [0.2, 0.25) is 0 Å². The molecule has 2 amide bonds. The highest BCUT2D eigenvalue weighted by atomic mass is 32.2. The van der Waals surface area contributed by atoms with Crippen molar-refractivity contribution in [3.63, 3.8) is 0 Å². The second-order valence-electron chi connectivity index (χ2n) is 7.11. The lowest BCUT2D eigenvalue weighted by Crippen LogP contribution is -2.33. The Kier molecular flexibility index (Phi) is 7.00. The smallest absolute Gasteiger partial charge is 0.259 e. The number of carbonyl (C=O) groups is 2. The summed E-state index contributed by atoms with van der Waals surface area (Å²) in [6.45, 7) is 9.97. The Hall–Kier alpha value is -3.17. The number of rotatable bonds is 9. The fourth-order valence-electron chi connectivity index (χ4n) is 3.60. The van der Waals surface area contributed by atoms with Gasteiger partial charge in [-0.1, -0.05) is 38.6 Å². The van der Waals surface area contributed by atoms with Gasteiger partial charge in [0.25, 0.3) is 5.91 Å². The summed E-state index contributed by atoms with van der Waals surface area (Å²) in [7, 11) is -3.72. The fraction of sp³-hybridized carbons (Fsp3) is 0.304. The maximum atomic E-state index is 12.9. The van der Waals surface area contributed by atoms with Crippen molar-refractivity contribution in [2.75, 3.05) is 31.6 Å². The molecule has 32 heavy (non-hydrogen) atoms. The molecule has 0 atom stereocenters. The van der Waals surface area contributed by atoms with Gasteiger partial charge < -0.3 is 10.1 Å². The molecule has 8 nitrogen and oxygen atoms in total. The quantitative estimate of drug-likeness (QED) is 0.624. The van der Waals surface area contributed by atoms with Gasteiger partial charge >= 0.3 is 0 Å². The summed E-state index contributed by atoms with van der Waals surface area (Å²) in [4.78, 5) is 26.8. The minimum atomic E-state index is -3.72. The van der Waals surface area contributed by atoms with Crippen LogP contribution in [0.25, 0.3) is 5.70 Å². The summed E-state index contributed by atoms with van der Waals surface area (Å²) in [6, 6.07) is 11.4. The van der Waals surface area contributed by atoms with Gasteiger partial charge in [0.2, 0.25) is 15.9 Å². The van der Waals surface area contributed by atoms with E-state index in [1.54, 1.807) is 45.0 Å². The summed E-state index contributed by atoms with van der Waals surface area (Å²) < 4.78 is 32.7. The highest BCUT2D eigenvalue weighted by Crippen LogP contribution is 2.32. The van der Waals surface area contributed by atoms with E-state index in [0.717, 1.165) is 0 Å². The van der Waals surface area contributed by atoms with Crippen LogP contribution in [0.4, 0.5) is 5.69 Å². The Bertz CT molecular complexity index is 1120. The second-order valence-corrected chi connectivity index (χ2v) is 9.05.